The first-order chi connectivity index (χ1) is 6.59. The molecule has 78 valence electrons. The lowest BCUT2D eigenvalue weighted by Gasteiger charge is -2.11. The van der Waals surface area contributed by atoms with Gasteiger partial charge in [0, 0.05) is 34.9 Å². The van der Waals surface area contributed by atoms with Crippen LogP contribution in [0.4, 0.5) is 0 Å². The largest absolute Gasteiger partial charge is 0.317 e. The van der Waals surface area contributed by atoms with Crippen molar-refractivity contribution in [3.05, 3.63) is 12.4 Å². The second kappa shape index (κ2) is 3.75. The van der Waals surface area contributed by atoms with E-state index in [1.807, 2.05) is 11.8 Å². The third-order valence-corrected chi connectivity index (χ3v) is 4.46. The molecule has 1 saturated heterocycles. The van der Waals surface area contributed by atoms with Crippen LogP contribution in [0.25, 0.3) is 0 Å². The minimum absolute atomic E-state index is 0.0355. The van der Waals surface area contributed by atoms with E-state index >= 15 is 0 Å². The fourth-order valence-electron chi connectivity index (χ4n) is 1.51. The molecule has 1 aromatic heterocycles. The zero-order valence-corrected chi connectivity index (χ0v) is 9.65. The molecular formula is C7H9ClN2O2S2. The number of hydrogen-bond donors (Lipinski definition) is 0. The van der Waals surface area contributed by atoms with Crippen molar-refractivity contribution >= 4 is 31.5 Å². The topological polar surface area (TPSA) is 52.0 Å². The summed E-state index contributed by atoms with van der Waals surface area (Å²) in [6.45, 7) is 0. The maximum atomic E-state index is 11.1. The van der Waals surface area contributed by atoms with Crippen LogP contribution in [0.15, 0.2) is 17.6 Å². The van der Waals surface area contributed by atoms with Gasteiger partial charge in [0.1, 0.15) is 0 Å². The molecule has 1 unspecified atom stereocenters. The number of imidazole rings is 1. The van der Waals surface area contributed by atoms with Crippen LogP contribution in [0.2, 0.25) is 0 Å². The van der Waals surface area contributed by atoms with Crippen molar-refractivity contribution in [2.75, 3.05) is 11.5 Å². The molecule has 0 aromatic carbocycles. The Balaban J connectivity index is 2.39. The van der Waals surface area contributed by atoms with E-state index in [1.165, 1.54) is 6.20 Å². The molecule has 2 heterocycles. The second-order valence-corrected chi connectivity index (χ2v) is 6.68. The highest BCUT2D eigenvalue weighted by Gasteiger charge is 2.24. The van der Waals surface area contributed by atoms with E-state index in [0.717, 1.165) is 17.9 Å². The van der Waals surface area contributed by atoms with Crippen molar-refractivity contribution in [2.24, 2.45) is 0 Å². The van der Waals surface area contributed by atoms with Crippen molar-refractivity contribution < 1.29 is 8.42 Å². The van der Waals surface area contributed by atoms with Crippen molar-refractivity contribution in [3.63, 3.8) is 0 Å². The van der Waals surface area contributed by atoms with Crippen molar-refractivity contribution in [3.8, 4) is 0 Å². The fourth-order valence-corrected chi connectivity index (χ4v) is 3.72. The summed E-state index contributed by atoms with van der Waals surface area (Å²) in [7, 11) is 1.55. The third kappa shape index (κ3) is 1.92. The molecule has 0 bridgehead atoms. The van der Waals surface area contributed by atoms with E-state index in [-0.39, 0.29) is 11.2 Å². The molecule has 0 aliphatic carbocycles. The summed E-state index contributed by atoms with van der Waals surface area (Å²) in [5.41, 5.74) is 0. The zero-order chi connectivity index (χ0) is 10.2. The molecule has 1 aliphatic rings. The number of halogens is 1. The van der Waals surface area contributed by atoms with Crippen LogP contribution in [0.5, 0.6) is 0 Å². The monoisotopic (exact) mass is 252 g/mol. The Morgan fingerprint density at radius 1 is 1.64 bits per heavy atom. The first-order valence-electron chi connectivity index (χ1n) is 4.14. The van der Waals surface area contributed by atoms with Gasteiger partial charge in [0.25, 0.3) is 9.05 Å². The van der Waals surface area contributed by atoms with Gasteiger partial charge in [-0.15, -0.1) is 0 Å². The predicted molar refractivity (Wildman–Crippen MR) is 56.2 cm³/mol. The summed E-state index contributed by atoms with van der Waals surface area (Å²) in [6.07, 6.45) is 4.12. The molecule has 14 heavy (non-hydrogen) atoms. The van der Waals surface area contributed by atoms with Gasteiger partial charge in [-0.05, 0) is 12.2 Å². The van der Waals surface area contributed by atoms with E-state index < -0.39 is 9.05 Å². The summed E-state index contributed by atoms with van der Waals surface area (Å²) >= 11 is 1.81. The molecule has 1 atom stereocenters. The first kappa shape index (κ1) is 10.3. The Morgan fingerprint density at radius 2 is 2.43 bits per heavy atom. The Bertz CT molecular complexity index is 423. The number of thioether (sulfide) groups is 1. The molecule has 1 fully saturated rings. The molecule has 1 aromatic rings. The molecule has 1 aliphatic heterocycles. The van der Waals surface area contributed by atoms with E-state index in [1.54, 1.807) is 10.8 Å². The number of aromatic nitrogens is 2. The van der Waals surface area contributed by atoms with Crippen LogP contribution < -0.4 is 0 Å². The SMILES string of the molecule is O=S(=O)(Cl)c1nccn1C1CCSC1. The first-order valence-corrected chi connectivity index (χ1v) is 7.60. The average molecular weight is 253 g/mol. The summed E-state index contributed by atoms with van der Waals surface area (Å²) in [6, 6.07) is 0.214. The quantitative estimate of drug-likeness (QED) is 0.749. The Labute approximate surface area is 91.1 Å². The zero-order valence-electron chi connectivity index (χ0n) is 7.26. The van der Waals surface area contributed by atoms with Crippen molar-refractivity contribution in [2.45, 2.75) is 17.6 Å². The highest BCUT2D eigenvalue weighted by Crippen LogP contribution is 2.30. The molecule has 0 N–H and O–H groups in total. The van der Waals surface area contributed by atoms with Crippen LogP contribution >= 0.6 is 22.4 Å². The van der Waals surface area contributed by atoms with Crippen LogP contribution in [-0.2, 0) is 9.05 Å². The number of rotatable bonds is 2. The van der Waals surface area contributed by atoms with Gasteiger partial charge in [0.2, 0.25) is 5.16 Å². The van der Waals surface area contributed by atoms with Crippen LogP contribution in [0.3, 0.4) is 0 Å². The molecule has 0 radical (unpaired) electrons. The lowest BCUT2D eigenvalue weighted by molar-refractivity contribution is 0.502. The predicted octanol–water partition coefficient (Wildman–Crippen LogP) is 1.49. The summed E-state index contributed by atoms with van der Waals surface area (Å²) in [5, 5.41) is -0.0355. The van der Waals surface area contributed by atoms with Gasteiger partial charge in [-0.2, -0.15) is 11.8 Å². The van der Waals surface area contributed by atoms with E-state index in [9.17, 15) is 8.42 Å². The smallest absolute Gasteiger partial charge is 0.295 e. The third-order valence-electron chi connectivity index (χ3n) is 2.15. The highest BCUT2D eigenvalue weighted by atomic mass is 35.7. The molecular weight excluding hydrogens is 244 g/mol. The lowest BCUT2D eigenvalue weighted by atomic mass is 10.3. The molecule has 4 nitrogen and oxygen atoms in total. The van der Waals surface area contributed by atoms with Crippen LogP contribution in [0, 0.1) is 0 Å². The fraction of sp³-hybridized carbons (Fsp3) is 0.571. The van der Waals surface area contributed by atoms with Gasteiger partial charge in [-0.3, -0.25) is 0 Å². The highest BCUT2D eigenvalue weighted by molar-refractivity contribution is 8.13. The van der Waals surface area contributed by atoms with Gasteiger partial charge in [0.05, 0.1) is 0 Å². The molecule has 0 amide bonds. The molecule has 0 saturated carbocycles. The Hall–Kier alpha value is -0.200. The minimum atomic E-state index is -3.71. The Kier molecular flexibility index (Phi) is 2.77. The summed E-state index contributed by atoms with van der Waals surface area (Å²) in [4.78, 5) is 3.77. The second-order valence-electron chi connectivity index (χ2n) is 3.07. The molecule has 7 heteroatoms. The maximum Gasteiger partial charge on any atom is 0.295 e. The Morgan fingerprint density at radius 3 is 3.00 bits per heavy atom. The average Bonchev–Trinajstić information content (AvgIpc) is 2.73. The molecule has 0 spiro atoms. The standard InChI is InChI=1S/C7H9ClN2O2S2/c8-14(11,12)7-9-2-3-10(7)6-1-4-13-5-6/h2-3,6H,1,4-5H2. The maximum absolute atomic E-state index is 11.1. The number of nitrogens with zero attached hydrogens (tertiary/aromatic N) is 2. The normalized spacial score (nSPS) is 22.8. The van der Waals surface area contributed by atoms with Gasteiger partial charge >= 0.3 is 0 Å². The van der Waals surface area contributed by atoms with E-state index in [2.05, 4.69) is 4.98 Å². The molecule has 2 rings (SSSR count). The summed E-state index contributed by atoms with van der Waals surface area (Å²) in [5.74, 6) is 1.99. The van der Waals surface area contributed by atoms with E-state index in [0.29, 0.717) is 0 Å². The lowest BCUT2D eigenvalue weighted by Crippen LogP contribution is -2.12. The number of hydrogen-bond acceptors (Lipinski definition) is 4. The summed E-state index contributed by atoms with van der Waals surface area (Å²) < 4.78 is 23.9. The van der Waals surface area contributed by atoms with Crippen LogP contribution in [0.1, 0.15) is 12.5 Å². The van der Waals surface area contributed by atoms with Gasteiger partial charge in [0.15, 0.2) is 0 Å². The van der Waals surface area contributed by atoms with Gasteiger partial charge in [-0.25, -0.2) is 13.4 Å². The minimum Gasteiger partial charge on any atom is -0.317 e. The van der Waals surface area contributed by atoms with Crippen molar-refractivity contribution in [1.82, 2.24) is 9.55 Å². The van der Waals surface area contributed by atoms with E-state index in [4.69, 9.17) is 10.7 Å². The van der Waals surface area contributed by atoms with Crippen molar-refractivity contribution in [1.29, 1.82) is 0 Å². The van der Waals surface area contributed by atoms with Gasteiger partial charge in [-0.1, -0.05) is 0 Å². The van der Waals surface area contributed by atoms with Gasteiger partial charge < -0.3 is 4.57 Å². The van der Waals surface area contributed by atoms with Crippen LogP contribution in [-0.4, -0.2) is 29.5 Å².